The Morgan fingerprint density at radius 3 is 2.47 bits per heavy atom. The van der Waals surface area contributed by atoms with Gasteiger partial charge >= 0.3 is 0 Å². The predicted octanol–water partition coefficient (Wildman–Crippen LogP) is 2.36. The number of hydrogen-bond acceptors (Lipinski definition) is 2. The van der Waals surface area contributed by atoms with Crippen molar-refractivity contribution in [1.82, 2.24) is 15.1 Å². The molecule has 0 radical (unpaired) electrons. The molecule has 0 aliphatic heterocycles. The second-order valence-corrected chi connectivity index (χ2v) is 4.59. The van der Waals surface area contributed by atoms with E-state index >= 15 is 0 Å². The maximum Gasteiger partial charge on any atom is 0.0537 e. The van der Waals surface area contributed by atoms with Gasteiger partial charge in [0.25, 0.3) is 0 Å². The minimum Gasteiger partial charge on any atom is -0.310 e. The van der Waals surface area contributed by atoms with E-state index in [-0.39, 0.29) is 0 Å². The van der Waals surface area contributed by atoms with Gasteiger partial charge in [0.05, 0.1) is 6.20 Å². The predicted molar refractivity (Wildman–Crippen MR) is 63.6 cm³/mol. The Balaban J connectivity index is 2.82. The van der Waals surface area contributed by atoms with Crippen molar-refractivity contribution in [3.63, 3.8) is 0 Å². The minimum atomic E-state index is 0.420. The molecular weight excluding hydrogens is 186 g/mol. The molecule has 0 aliphatic rings. The maximum atomic E-state index is 4.24. The van der Waals surface area contributed by atoms with Crippen molar-refractivity contribution in [3.05, 3.63) is 18.0 Å². The van der Waals surface area contributed by atoms with Gasteiger partial charge in [-0.3, -0.25) is 4.68 Å². The monoisotopic (exact) mass is 209 g/mol. The molecule has 3 heteroatoms. The number of rotatable bonds is 5. The van der Waals surface area contributed by atoms with E-state index in [1.165, 1.54) is 5.56 Å². The SMILES string of the molecule is CCNC(c1cnn(C)c1)C(C)C(C)C. The van der Waals surface area contributed by atoms with Gasteiger partial charge in [-0.15, -0.1) is 0 Å². The van der Waals surface area contributed by atoms with Crippen molar-refractivity contribution in [3.8, 4) is 0 Å². The number of aromatic nitrogens is 2. The van der Waals surface area contributed by atoms with Crippen LogP contribution in [0.25, 0.3) is 0 Å². The molecule has 0 aliphatic carbocycles. The van der Waals surface area contributed by atoms with Gasteiger partial charge in [-0.05, 0) is 18.4 Å². The Morgan fingerprint density at radius 1 is 1.40 bits per heavy atom. The van der Waals surface area contributed by atoms with Crippen LogP contribution in [0.5, 0.6) is 0 Å². The van der Waals surface area contributed by atoms with E-state index in [1.807, 2.05) is 17.9 Å². The zero-order valence-electron chi connectivity index (χ0n) is 10.5. The van der Waals surface area contributed by atoms with Crippen LogP contribution < -0.4 is 5.32 Å². The van der Waals surface area contributed by atoms with E-state index in [2.05, 4.69) is 44.3 Å². The molecule has 1 aromatic rings. The summed E-state index contributed by atoms with van der Waals surface area (Å²) >= 11 is 0. The third kappa shape index (κ3) is 3.06. The number of aryl methyl sites for hydroxylation is 1. The van der Waals surface area contributed by atoms with Crippen LogP contribution in [-0.2, 0) is 7.05 Å². The van der Waals surface area contributed by atoms with Gasteiger partial charge in [0.1, 0.15) is 0 Å². The lowest BCUT2D eigenvalue weighted by molar-refractivity contribution is 0.307. The molecule has 0 spiro atoms. The van der Waals surface area contributed by atoms with Crippen molar-refractivity contribution in [2.24, 2.45) is 18.9 Å². The molecule has 0 saturated carbocycles. The first-order valence-electron chi connectivity index (χ1n) is 5.78. The molecule has 0 amide bonds. The fourth-order valence-electron chi connectivity index (χ4n) is 1.81. The summed E-state index contributed by atoms with van der Waals surface area (Å²) in [7, 11) is 1.96. The first kappa shape index (κ1) is 12.2. The summed E-state index contributed by atoms with van der Waals surface area (Å²) in [4.78, 5) is 0. The fraction of sp³-hybridized carbons (Fsp3) is 0.750. The zero-order chi connectivity index (χ0) is 11.4. The van der Waals surface area contributed by atoms with Gasteiger partial charge in [0.15, 0.2) is 0 Å². The van der Waals surface area contributed by atoms with Crippen molar-refractivity contribution in [2.45, 2.75) is 33.7 Å². The Bertz CT molecular complexity index is 291. The van der Waals surface area contributed by atoms with Gasteiger partial charge < -0.3 is 5.32 Å². The van der Waals surface area contributed by atoms with Crippen LogP contribution in [-0.4, -0.2) is 16.3 Å². The highest BCUT2D eigenvalue weighted by atomic mass is 15.2. The first-order valence-corrected chi connectivity index (χ1v) is 5.78. The summed E-state index contributed by atoms with van der Waals surface area (Å²) in [6, 6.07) is 0.420. The molecule has 1 aromatic heterocycles. The highest BCUT2D eigenvalue weighted by molar-refractivity contribution is 5.11. The average Bonchev–Trinajstić information content (AvgIpc) is 2.60. The second kappa shape index (κ2) is 5.31. The van der Waals surface area contributed by atoms with Gasteiger partial charge in [0, 0.05) is 24.8 Å². The largest absolute Gasteiger partial charge is 0.310 e. The molecule has 2 unspecified atom stereocenters. The van der Waals surface area contributed by atoms with E-state index in [0.29, 0.717) is 17.9 Å². The van der Waals surface area contributed by atoms with E-state index in [9.17, 15) is 0 Å². The molecule has 86 valence electrons. The molecule has 0 aromatic carbocycles. The van der Waals surface area contributed by atoms with E-state index < -0.39 is 0 Å². The van der Waals surface area contributed by atoms with Crippen molar-refractivity contribution in [2.75, 3.05) is 6.54 Å². The van der Waals surface area contributed by atoms with Gasteiger partial charge in [-0.25, -0.2) is 0 Å². The van der Waals surface area contributed by atoms with Crippen LogP contribution in [0.3, 0.4) is 0 Å². The summed E-state index contributed by atoms with van der Waals surface area (Å²) in [5.41, 5.74) is 1.29. The Kier molecular flexibility index (Phi) is 4.33. The molecular formula is C12H23N3. The molecule has 3 nitrogen and oxygen atoms in total. The Hall–Kier alpha value is -0.830. The summed E-state index contributed by atoms with van der Waals surface area (Å²) in [6.45, 7) is 9.98. The van der Waals surface area contributed by atoms with Gasteiger partial charge in [-0.1, -0.05) is 27.7 Å². The van der Waals surface area contributed by atoms with Crippen LogP contribution in [0.15, 0.2) is 12.4 Å². The normalized spacial score (nSPS) is 15.6. The van der Waals surface area contributed by atoms with E-state index in [0.717, 1.165) is 6.54 Å². The van der Waals surface area contributed by atoms with Crippen LogP contribution in [0.1, 0.15) is 39.3 Å². The van der Waals surface area contributed by atoms with Crippen LogP contribution in [0.4, 0.5) is 0 Å². The quantitative estimate of drug-likeness (QED) is 0.807. The van der Waals surface area contributed by atoms with Crippen LogP contribution in [0.2, 0.25) is 0 Å². The topological polar surface area (TPSA) is 29.9 Å². The summed E-state index contributed by atoms with van der Waals surface area (Å²) in [5, 5.41) is 7.78. The molecule has 0 bridgehead atoms. The molecule has 1 heterocycles. The maximum absolute atomic E-state index is 4.24. The molecule has 1 rings (SSSR count). The average molecular weight is 209 g/mol. The van der Waals surface area contributed by atoms with Crippen LogP contribution in [0, 0.1) is 11.8 Å². The molecule has 15 heavy (non-hydrogen) atoms. The summed E-state index contributed by atoms with van der Waals surface area (Å²) < 4.78 is 1.87. The number of hydrogen-bond donors (Lipinski definition) is 1. The number of nitrogens with zero attached hydrogens (tertiary/aromatic N) is 2. The molecule has 0 saturated heterocycles. The lowest BCUT2D eigenvalue weighted by atomic mass is 9.87. The molecule has 1 N–H and O–H groups in total. The second-order valence-electron chi connectivity index (χ2n) is 4.59. The highest BCUT2D eigenvalue weighted by Crippen LogP contribution is 2.27. The smallest absolute Gasteiger partial charge is 0.0537 e. The summed E-state index contributed by atoms with van der Waals surface area (Å²) in [6.07, 6.45) is 4.07. The fourth-order valence-corrected chi connectivity index (χ4v) is 1.81. The third-order valence-corrected chi connectivity index (χ3v) is 3.09. The van der Waals surface area contributed by atoms with E-state index in [4.69, 9.17) is 0 Å². The molecule has 0 fully saturated rings. The van der Waals surface area contributed by atoms with E-state index in [1.54, 1.807) is 0 Å². The molecule has 2 atom stereocenters. The van der Waals surface area contributed by atoms with Crippen LogP contribution >= 0.6 is 0 Å². The Morgan fingerprint density at radius 2 is 2.07 bits per heavy atom. The van der Waals surface area contributed by atoms with Crippen molar-refractivity contribution >= 4 is 0 Å². The minimum absolute atomic E-state index is 0.420. The van der Waals surface area contributed by atoms with Gasteiger partial charge in [0.2, 0.25) is 0 Å². The standard InChI is InChI=1S/C12H23N3/c1-6-13-12(10(4)9(2)3)11-7-14-15(5)8-11/h7-10,12-13H,6H2,1-5H3. The Labute approximate surface area is 92.9 Å². The lowest BCUT2D eigenvalue weighted by Crippen LogP contribution is -2.29. The zero-order valence-corrected chi connectivity index (χ0v) is 10.5. The lowest BCUT2D eigenvalue weighted by Gasteiger charge is -2.26. The summed E-state index contributed by atoms with van der Waals surface area (Å²) in [5.74, 6) is 1.29. The van der Waals surface area contributed by atoms with Crippen molar-refractivity contribution in [1.29, 1.82) is 0 Å². The highest BCUT2D eigenvalue weighted by Gasteiger charge is 2.21. The number of nitrogens with one attached hydrogen (secondary N) is 1. The van der Waals surface area contributed by atoms with Crippen molar-refractivity contribution < 1.29 is 0 Å². The first-order chi connectivity index (χ1) is 7.06. The van der Waals surface area contributed by atoms with Gasteiger partial charge in [-0.2, -0.15) is 5.10 Å². The third-order valence-electron chi connectivity index (χ3n) is 3.09.